The summed E-state index contributed by atoms with van der Waals surface area (Å²) in [5.74, 6) is -1.40. The number of rotatable bonds is 6. The number of nitrogens with one attached hydrogen (secondary N) is 1. The van der Waals surface area contributed by atoms with E-state index in [1.54, 1.807) is 6.07 Å². The van der Waals surface area contributed by atoms with Crippen molar-refractivity contribution in [3.05, 3.63) is 57.5 Å². The third-order valence-corrected chi connectivity index (χ3v) is 7.17. The number of carbonyl (C=O) groups is 2. The van der Waals surface area contributed by atoms with Gasteiger partial charge < -0.3 is 10.1 Å². The highest BCUT2D eigenvalue weighted by molar-refractivity contribution is 7.89. The van der Waals surface area contributed by atoms with E-state index in [9.17, 15) is 18.0 Å². The third kappa shape index (κ3) is 5.25. The van der Waals surface area contributed by atoms with E-state index in [0.717, 1.165) is 4.31 Å². The summed E-state index contributed by atoms with van der Waals surface area (Å²) in [6.07, 6.45) is 0.801. The molecule has 2 aromatic carbocycles. The molecule has 1 heterocycles. The van der Waals surface area contributed by atoms with Crippen LogP contribution in [0, 0.1) is 0 Å². The lowest BCUT2D eigenvalue weighted by Crippen LogP contribution is -2.42. The van der Waals surface area contributed by atoms with Gasteiger partial charge in [-0.3, -0.25) is 9.59 Å². The van der Waals surface area contributed by atoms with Crippen molar-refractivity contribution in [1.29, 1.82) is 0 Å². The molecule has 1 unspecified atom stereocenters. The van der Waals surface area contributed by atoms with Crippen molar-refractivity contribution in [2.75, 3.05) is 18.5 Å². The van der Waals surface area contributed by atoms with Gasteiger partial charge in [0.25, 0.3) is 5.91 Å². The molecule has 1 aliphatic heterocycles. The lowest BCUT2D eigenvalue weighted by Gasteiger charge is -2.22. The van der Waals surface area contributed by atoms with Crippen LogP contribution in [0.1, 0.15) is 12.8 Å². The number of amides is 1. The number of sulfonamides is 1. The molecule has 7 nitrogen and oxygen atoms in total. The first kappa shape index (κ1) is 22.8. The quantitative estimate of drug-likeness (QED) is 0.617. The Bertz CT molecular complexity index is 1060. The van der Waals surface area contributed by atoms with Gasteiger partial charge in [-0.25, -0.2) is 8.42 Å². The Morgan fingerprint density at radius 3 is 2.40 bits per heavy atom. The normalized spacial score (nSPS) is 17.0. The third-order valence-electron chi connectivity index (χ3n) is 4.45. The van der Waals surface area contributed by atoms with Crippen LogP contribution in [0.4, 0.5) is 5.69 Å². The fraction of sp³-hybridized carbons (Fsp3) is 0.263. The molecule has 1 fully saturated rings. The maximum absolute atomic E-state index is 12.9. The number of halogens is 3. The standard InChI is InChI=1S/C19H17Cl3N2O5S/c20-12-3-6-14(7-4-12)30(27,28)24-9-1-2-17(24)19(26)29-11-18(25)23-16-8-5-13(21)10-15(16)22/h3-8,10,17H,1-2,9,11H2,(H,23,25). The van der Waals surface area contributed by atoms with Crippen LogP contribution in [0.2, 0.25) is 15.1 Å². The van der Waals surface area contributed by atoms with Gasteiger partial charge in [0.15, 0.2) is 6.61 Å². The number of hydrogen-bond acceptors (Lipinski definition) is 5. The first-order chi connectivity index (χ1) is 14.2. The Morgan fingerprint density at radius 1 is 1.07 bits per heavy atom. The van der Waals surface area contributed by atoms with E-state index in [4.69, 9.17) is 39.5 Å². The molecule has 1 atom stereocenters. The maximum atomic E-state index is 12.9. The first-order valence-corrected chi connectivity index (χ1v) is 11.4. The molecule has 0 spiro atoms. The summed E-state index contributed by atoms with van der Waals surface area (Å²) in [6, 6.07) is 9.20. The van der Waals surface area contributed by atoms with E-state index in [2.05, 4.69) is 5.32 Å². The van der Waals surface area contributed by atoms with E-state index in [-0.39, 0.29) is 16.5 Å². The summed E-state index contributed by atoms with van der Waals surface area (Å²) < 4.78 is 31.9. The van der Waals surface area contributed by atoms with Crippen molar-refractivity contribution in [2.45, 2.75) is 23.8 Å². The van der Waals surface area contributed by atoms with E-state index >= 15 is 0 Å². The highest BCUT2D eigenvalue weighted by atomic mass is 35.5. The summed E-state index contributed by atoms with van der Waals surface area (Å²) in [6.45, 7) is -0.402. The van der Waals surface area contributed by atoms with Gasteiger partial charge in [-0.1, -0.05) is 34.8 Å². The molecule has 0 saturated carbocycles. The molecule has 0 bridgehead atoms. The second kappa shape index (κ2) is 9.53. The minimum Gasteiger partial charge on any atom is -0.454 e. The van der Waals surface area contributed by atoms with Gasteiger partial charge in [0.2, 0.25) is 10.0 Å². The summed E-state index contributed by atoms with van der Waals surface area (Å²) in [5.41, 5.74) is 0.315. The van der Waals surface area contributed by atoms with Gasteiger partial charge in [-0.2, -0.15) is 4.31 Å². The van der Waals surface area contributed by atoms with Crippen LogP contribution in [0.3, 0.4) is 0 Å². The van der Waals surface area contributed by atoms with Crippen molar-refractivity contribution in [3.8, 4) is 0 Å². The van der Waals surface area contributed by atoms with Gasteiger partial charge in [0.05, 0.1) is 15.6 Å². The fourth-order valence-corrected chi connectivity index (χ4v) is 5.24. The Balaban J connectivity index is 1.63. The van der Waals surface area contributed by atoms with E-state index in [1.165, 1.54) is 36.4 Å². The Hall–Kier alpha value is -1.84. The molecule has 1 saturated heterocycles. The molecule has 1 N–H and O–H groups in total. The predicted octanol–water partition coefficient (Wildman–Crippen LogP) is 3.98. The second-order valence-electron chi connectivity index (χ2n) is 6.51. The molecule has 0 aliphatic carbocycles. The van der Waals surface area contributed by atoms with Crippen LogP contribution in [0.25, 0.3) is 0 Å². The molecule has 1 aliphatic rings. The Morgan fingerprint density at radius 2 is 1.73 bits per heavy atom. The average Bonchev–Trinajstić information content (AvgIpc) is 3.19. The van der Waals surface area contributed by atoms with E-state index < -0.39 is 34.5 Å². The van der Waals surface area contributed by atoms with Crippen LogP contribution in [-0.2, 0) is 24.3 Å². The topological polar surface area (TPSA) is 92.8 Å². The van der Waals surface area contributed by atoms with Crippen LogP contribution in [-0.4, -0.2) is 43.8 Å². The highest BCUT2D eigenvalue weighted by Gasteiger charge is 2.40. The molecule has 160 valence electrons. The monoisotopic (exact) mass is 490 g/mol. The van der Waals surface area contributed by atoms with E-state index in [1.807, 2.05) is 0 Å². The lowest BCUT2D eigenvalue weighted by molar-refractivity contribution is -0.150. The number of ether oxygens (including phenoxy) is 1. The maximum Gasteiger partial charge on any atom is 0.324 e. The number of esters is 1. The van der Waals surface area contributed by atoms with Crippen molar-refractivity contribution < 1.29 is 22.7 Å². The first-order valence-electron chi connectivity index (χ1n) is 8.87. The van der Waals surface area contributed by atoms with E-state index in [0.29, 0.717) is 28.6 Å². The summed E-state index contributed by atoms with van der Waals surface area (Å²) in [5, 5.41) is 3.55. The zero-order chi connectivity index (χ0) is 21.9. The summed E-state index contributed by atoms with van der Waals surface area (Å²) in [7, 11) is -3.90. The van der Waals surface area contributed by atoms with Crippen molar-refractivity contribution in [3.63, 3.8) is 0 Å². The zero-order valence-corrected chi connectivity index (χ0v) is 18.6. The number of nitrogens with zero attached hydrogens (tertiary/aromatic N) is 1. The lowest BCUT2D eigenvalue weighted by atomic mass is 10.2. The summed E-state index contributed by atoms with van der Waals surface area (Å²) >= 11 is 17.6. The van der Waals surface area contributed by atoms with Crippen LogP contribution in [0.5, 0.6) is 0 Å². The van der Waals surface area contributed by atoms with Gasteiger partial charge >= 0.3 is 5.97 Å². The fourth-order valence-electron chi connectivity index (χ4n) is 3.02. The van der Waals surface area contributed by atoms with Crippen molar-refractivity contribution >= 4 is 62.4 Å². The Labute approximate surface area is 188 Å². The number of anilines is 1. The van der Waals surface area contributed by atoms with Crippen LogP contribution in [0.15, 0.2) is 47.4 Å². The average molecular weight is 492 g/mol. The molecular formula is C19H17Cl3N2O5S. The molecule has 2 aromatic rings. The van der Waals surface area contributed by atoms with Crippen molar-refractivity contribution in [2.24, 2.45) is 0 Å². The molecule has 30 heavy (non-hydrogen) atoms. The van der Waals surface area contributed by atoms with Crippen LogP contribution >= 0.6 is 34.8 Å². The Kier molecular flexibility index (Phi) is 7.26. The molecular weight excluding hydrogens is 475 g/mol. The van der Waals surface area contributed by atoms with Gasteiger partial charge in [-0.15, -0.1) is 0 Å². The largest absolute Gasteiger partial charge is 0.454 e. The molecule has 3 rings (SSSR count). The smallest absolute Gasteiger partial charge is 0.324 e. The zero-order valence-electron chi connectivity index (χ0n) is 15.5. The summed E-state index contributed by atoms with van der Waals surface area (Å²) in [4.78, 5) is 24.6. The predicted molar refractivity (Wildman–Crippen MR) is 114 cm³/mol. The van der Waals surface area contributed by atoms with Gasteiger partial charge in [0, 0.05) is 16.6 Å². The molecule has 0 aromatic heterocycles. The number of hydrogen-bond donors (Lipinski definition) is 1. The van der Waals surface area contributed by atoms with Crippen LogP contribution < -0.4 is 5.32 Å². The SMILES string of the molecule is O=C(COC(=O)C1CCCN1S(=O)(=O)c1ccc(Cl)cc1)Nc1ccc(Cl)cc1Cl. The van der Waals surface area contributed by atoms with Gasteiger partial charge in [-0.05, 0) is 55.3 Å². The number of benzene rings is 2. The molecule has 0 radical (unpaired) electrons. The molecule has 11 heteroatoms. The molecule has 1 amide bonds. The minimum absolute atomic E-state index is 0.0294. The minimum atomic E-state index is -3.90. The van der Waals surface area contributed by atoms with Gasteiger partial charge in [0.1, 0.15) is 6.04 Å². The van der Waals surface area contributed by atoms with Crippen molar-refractivity contribution in [1.82, 2.24) is 4.31 Å². The second-order valence-corrected chi connectivity index (χ2v) is 9.68. The number of carbonyl (C=O) groups excluding carboxylic acids is 2. The highest BCUT2D eigenvalue weighted by Crippen LogP contribution is 2.28.